The molecule has 0 fully saturated rings. The minimum absolute atomic E-state index is 0.113. The molecule has 0 spiro atoms. The molecule has 0 aromatic heterocycles. The monoisotopic (exact) mass is 398 g/mol. The van der Waals surface area contributed by atoms with E-state index in [1.807, 2.05) is 0 Å². The van der Waals surface area contributed by atoms with Gasteiger partial charge in [-0.1, -0.05) is 24.3 Å². The number of esters is 2. The van der Waals surface area contributed by atoms with Gasteiger partial charge in [0.05, 0.1) is 12.1 Å². The molecule has 8 heteroatoms. The molecule has 152 valence electrons. The summed E-state index contributed by atoms with van der Waals surface area (Å²) in [6, 6.07) is 13.6. The molecule has 0 heterocycles. The Kier molecular flexibility index (Phi) is 7.47. The maximum atomic E-state index is 12.1. The summed E-state index contributed by atoms with van der Waals surface area (Å²) in [6.45, 7) is 0.767. The molecule has 0 saturated carbocycles. The van der Waals surface area contributed by atoms with Crippen LogP contribution in [0.15, 0.2) is 48.5 Å². The van der Waals surface area contributed by atoms with Crippen molar-refractivity contribution in [1.82, 2.24) is 10.2 Å². The molecule has 8 nitrogen and oxygen atoms in total. The van der Waals surface area contributed by atoms with Crippen molar-refractivity contribution < 1.29 is 28.7 Å². The highest BCUT2D eigenvalue weighted by molar-refractivity contribution is 5.92. The van der Waals surface area contributed by atoms with E-state index in [2.05, 4.69) is 5.32 Å². The minimum atomic E-state index is -0.636. The molecule has 0 aliphatic rings. The molecule has 2 aromatic carbocycles. The number of carbonyl (C=O) groups is 4. The fourth-order valence-electron chi connectivity index (χ4n) is 2.38. The van der Waals surface area contributed by atoms with Crippen LogP contribution in [-0.2, 0) is 19.1 Å². The first kappa shape index (κ1) is 21.6. The first-order valence-corrected chi connectivity index (χ1v) is 8.80. The number of hydrogen-bond donors (Lipinski definition) is 1. The molecule has 0 atom stereocenters. The quantitative estimate of drug-likeness (QED) is 0.562. The molecule has 0 radical (unpaired) electrons. The number of rotatable bonds is 7. The highest BCUT2D eigenvalue weighted by Gasteiger charge is 2.15. The smallest absolute Gasteiger partial charge is 0.338 e. The summed E-state index contributed by atoms with van der Waals surface area (Å²) in [6.07, 6.45) is 0. The summed E-state index contributed by atoms with van der Waals surface area (Å²) in [5.41, 5.74) is 2.04. The van der Waals surface area contributed by atoms with Crippen LogP contribution in [0, 0.1) is 0 Å². The molecule has 0 unspecified atom stereocenters. The number of amides is 2. The number of likely N-dealkylation sites (N-methyl/N-ethyl adjacent to an activating group) is 2. The van der Waals surface area contributed by atoms with Crippen molar-refractivity contribution >= 4 is 23.8 Å². The van der Waals surface area contributed by atoms with Gasteiger partial charge in [-0.3, -0.25) is 14.4 Å². The fourth-order valence-corrected chi connectivity index (χ4v) is 2.38. The average molecular weight is 398 g/mol. The van der Waals surface area contributed by atoms with E-state index in [9.17, 15) is 19.2 Å². The molecule has 2 amide bonds. The Hall–Kier alpha value is -3.68. The van der Waals surface area contributed by atoms with Gasteiger partial charge in [-0.15, -0.1) is 0 Å². The number of ether oxygens (including phenoxy) is 2. The van der Waals surface area contributed by atoms with Gasteiger partial charge < -0.3 is 19.7 Å². The Morgan fingerprint density at radius 2 is 1.48 bits per heavy atom. The lowest BCUT2D eigenvalue weighted by Crippen LogP contribution is -2.39. The van der Waals surface area contributed by atoms with Crippen LogP contribution < -0.4 is 10.1 Å². The predicted octanol–water partition coefficient (Wildman–Crippen LogP) is 1.64. The third-order valence-electron chi connectivity index (χ3n) is 3.98. The van der Waals surface area contributed by atoms with E-state index < -0.39 is 18.5 Å². The second-order valence-corrected chi connectivity index (χ2v) is 6.19. The summed E-state index contributed by atoms with van der Waals surface area (Å²) in [5.74, 6) is -1.37. The number of carbonyl (C=O) groups excluding carboxylic acids is 4. The molecule has 2 rings (SSSR count). The van der Waals surface area contributed by atoms with Crippen LogP contribution in [0.2, 0.25) is 0 Å². The van der Waals surface area contributed by atoms with Crippen LogP contribution in [0.25, 0.3) is 11.1 Å². The average Bonchev–Trinajstić information content (AvgIpc) is 2.71. The van der Waals surface area contributed by atoms with Crippen LogP contribution in [0.5, 0.6) is 5.75 Å². The maximum absolute atomic E-state index is 12.1. The van der Waals surface area contributed by atoms with Gasteiger partial charge in [-0.2, -0.15) is 0 Å². The third kappa shape index (κ3) is 6.46. The first-order valence-electron chi connectivity index (χ1n) is 8.80. The standard InChI is InChI=1S/C21H22N2O6/c1-14(24)29-18-10-8-16(9-11-18)15-4-6-17(7-5-15)21(27)28-13-20(26)23(3)12-19(25)22-2/h4-11H,12-13H2,1-3H3,(H,22,25). The number of nitrogens with zero attached hydrogens (tertiary/aromatic N) is 1. The van der Waals surface area contributed by atoms with Crippen molar-refractivity contribution in [1.29, 1.82) is 0 Å². The number of benzene rings is 2. The molecule has 0 saturated heterocycles. The molecular weight excluding hydrogens is 376 g/mol. The fraction of sp³-hybridized carbons (Fsp3) is 0.238. The van der Waals surface area contributed by atoms with E-state index >= 15 is 0 Å². The predicted molar refractivity (Wildman–Crippen MR) is 105 cm³/mol. The van der Waals surface area contributed by atoms with Crippen molar-refractivity contribution in [3.63, 3.8) is 0 Å². The molecule has 0 aliphatic carbocycles. The van der Waals surface area contributed by atoms with Crippen LogP contribution in [-0.4, -0.2) is 55.9 Å². The Labute approximate surface area is 168 Å². The van der Waals surface area contributed by atoms with Gasteiger partial charge in [-0.05, 0) is 35.4 Å². The van der Waals surface area contributed by atoms with Crippen LogP contribution in [0.3, 0.4) is 0 Å². The molecule has 29 heavy (non-hydrogen) atoms. The van der Waals surface area contributed by atoms with Crippen LogP contribution in [0.4, 0.5) is 0 Å². The van der Waals surface area contributed by atoms with E-state index in [4.69, 9.17) is 9.47 Å². The van der Waals surface area contributed by atoms with Crippen molar-refractivity contribution in [2.45, 2.75) is 6.92 Å². The van der Waals surface area contributed by atoms with Gasteiger partial charge in [-0.25, -0.2) is 4.79 Å². The Morgan fingerprint density at radius 1 is 0.931 bits per heavy atom. The third-order valence-corrected chi connectivity index (χ3v) is 3.98. The van der Waals surface area contributed by atoms with Gasteiger partial charge in [0.1, 0.15) is 5.75 Å². The summed E-state index contributed by atoms with van der Waals surface area (Å²) >= 11 is 0. The van der Waals surface area contributed by atoms with Gasteiger partial charge in [0.25, 0.3) is 5.91 Å². The van der Waals surface area contributed by atoms with Gasteiger partial charge >= 0.3 is 11.9 Å². The van der Waals surface area contributed by atoms with Crippen molar-refractivity contribution in [2.75, 3.05) is 27.2 Å². The zero-order valence-electron chi connectivity index (χ0n) is 16.4. The summed E-state index contributed by atoms with van der Waals surface area (Å²) in [5, 5.41) is 2.41. The molecular formula is C21H22N2O6. The van der Waals surface area contributed by atoms with E-state index in [0.29, 0.717) is 11.3 Å². The Balaban J connectivity index is 1.93. The van der Waals surface area contributed by atoms with Gasteiger partial charge in [0.15, 0.2) is 6.61 Å². The van der Waals surface area contributed by atoms with E-state index in [-0.39, 0.29) is 18.4 Å². The lowest BCUT2D eigenvalue weighted by atomic mass is 10.0. The lowest BCUT2D eigenvalue weighted by molar-refractivity contribution is -0.137. The maximum Gasteiger partial charge on any atom is 0.338 e. The number of hydrogen-bond acceptors (Lipinski definition) is 6. The molecule has 2 aromatic rings. The molecule has 1 N–H and O–H groups in total. The summed E-state index contributed by atoms with van der Waals surface area (Å²) in [7, 11) is 2.92. The molecule has 0 aliphatic heterocycles. The van der Waals surface area contributed by atoms with Gasteiger partial charge in [0.2, 0.25) is 5.91 Å². The van der Waals surface area contributed by atoms with Crippen molar-refractivity contribution in [2.24, 2.45) is 0 Å². The molecule has 0 bridgehead atoms. The van der Waals surface area contributed by atoms with Gasteiger partial charge in [0, 0.05) is 21.0 Å². The van der Waals surface area contributed by atoms with Crippen molar-refractivity contribution in [3.8, 4) is 16.9 Å². The second-order valence-electron chi connectivity index (χ2n) is 6.19. The van der Waals surface area contributed by atoms with Crippen molar-refractivity contribution in [3.05, 3.63) is 54.1 Å². The first-order chi connectivity index (χ1) is 13.8. The van der Waals surface area contributed by atoms with Crippen LogP contribution in [0.1, 0.15) is 17.3 Å². The second kappa shape index (κ2) is 10.0. The van der Waals surface area contributed by atoms with Crippen LogP contribution >= 0.6 is 0 Å². The Morgan fingerprint density at radius 3 is 2.00 bits per heavy atom. The summed E-state index contributed by atoms with van der Waals surface area (Å²) < 4.78 is 10.0. The zero-order valence-corrected chi connectivity index (χ0v) is 16.4. The Bertz CT molecular complexity index is 890. The SMILES string of the molecule is CNC(=O)CN(C)C(=O)COC(=O)c1ccc(-c2ccc(OC(C)=O)cc2)cc1. The number of nitrogens with one attached hydrogen (secondary N) is 1. The van der Waals surface area contributed by atoms with E-state index in [0.717, 1.165) is 11.1 Å². The van der Waals surface area contributed by atoms with E-state index in [1.165, 1.54) is 25.9 Å². The minimum Gasteiger partial charge on any atom is -0.452 e. The normalized spacial score (nSPS) is 10.0. The van der Waals surface area contributed by atoms with E-state index in [1.54, 1.807) is 48.5 Å². The topological polar surface area (TPSA) is 102 Å². The zero-order chi connectivity index (χ0) is 21.4. The largest absolute Gasteiger partial charge is 0.452 e. The highest BCUT2D eigenvalue weighted by atomic mass is 16.5. The summed E-state index contributed by atoms with van der Waals surface area (Å²) in [4.78, 5) is 47.4. The lowest BCUT2D eigenvalue weighted by Gasteiger charge is -2.15. The highest BCUT2D eigenvalue weighted by Crippen LogP contribution is 2.23.